The van der Waals surface area contributed by atoms with Crippen molar-refractivity contribution in [3.05, 3.63) is 50.2 Å². The molecule has 0 saturated carbocycles. The summed E-state index contributed by atoms with van der Waals surface area (Å²) in [6, 6.07) is 5.34. The summed E-state index contributed by atoms with van der Waals surface area (Å²) < 4.78 is 13.2. The molecule has 0 unspecified atom stereocenters. The average molecular weight is 359 g/mol. The van der Waals surface area contributed by atoms with Crippen LogP contribution in [0.4, 0.5) is 5.82 Å². The van der Waals surface area contributed by atoms with Crippen LogP contribution in [0.15, 0.2) is 27.8 Å². The first-order valence-electron chi connectivity index (χ1n) is 8.29. The minimum Gasteiger partial charge on any atom is -0.493 e. The summed E-state index contributed by atoms with van der Waals surface area (Å²) in [7, 11) is 4.49. The molecule has 0 fully saturated rings. The Kier molecular flexibility index (Phi) is 4.58. The maximum atomic E-state index is 12.7. The summed E-state index contributed by atoms with van der Waals surface area (Å²) in [6.45, 7) is 2.37. The van der Waals surface area contributed by atoms with Crippen LogP contribution in [0, 0.1) is 0 Å². The molecule has 3 rings (SSSR count). The number of benzene rings is 1. The second-order valence-corrected chi connectivity index (χ2v) is 6.12. The molecule has 0 aliphatic carbocycles. The number of ether oxygens (including phenoxy) is 2. The Morgan fingerprint density at radius 1 is 1.15 bits per heavy atom. The summed E-state index contributed by atoms with van der Waals surface area (Å²) in [6.07, 6.45) is 0.109. The SMILES string of the molecule is CCOc1ccc([C@H]2CC(=O)Nc3c2c(=O)n(C)c(=O)n3C)cc1OC. The number of carbonyl (C=O) groups is 1. The van der Waals surface area contributed by atoms with Crippen molar-refractivity contribution >= 4 is 11.7 Å². The van der Waals surface area contributed by atoms with Gasteiger partial charge in [-0.3, -0.25) is 18.7 Å². The van der Waals surface area contributed by atoms with Crippen molar-refractivity contribution in [1.82, 2.24) is 9.13 Å². The summed E-state index contributed by atoms with van der Waals surface area (Å²) >= 11 is 0. The van der Waals surface area contributed by atoms with E-state index in [1.807, 2.05) is 13.0 Å². The lowest BCUT2D eigenvalue weighted by atomic mass is 9.86. The van der Waals surface area contributed by atoms with E-state index >= 15 is 0 Å². The third kappa shape index (κ3) is 2.77. The number of rotatable bonds is 4. The number of hydrogen-bond acceptors (Lipinski definition) is 5. The van der Waals surface area contributed by atoms with Crippen LogP contribution in [0.2, 0.25) is 0 Å². The zero-order valence-corrected chi connectivity index (χ0v) is 15.2. The first-order valence-corrected chi connectivity index (χ1v) is 8.29. The van der Waals surface area contributed by atoms with Gasteiger partial charge in [0.2, 0.25) is 5.91 Å². The van der Waals surface area contributed by atoms with Gasteiger partial charge in [0.05, 0.1) is 19.3 Å². The molecule has 1 amide bonds. The summed E-state index contributed by atoms with van der Waals surface area (Å²) in [5, 5.41) is 2.65. The zero-order chi connectivity index (χ0) is 19.0. The zero-order valence-electron chi connectivity index (χ0n) is 15.2. The van der Waals surface area contributed by atoms with Gasteiger partial charge in [-0.15, -0.1) is 0 Å². The van der Waals surface area contributed by atoms with E-state index in [1.165, 1.54) is 25.8 Å². The van der Waals surface area contributed by atoms with Crippen molar-refractivity contribution in [3.63, 3.8) is 0 Å². The number of aromatic nitrogens is 2. The Labute approximate surface area is 150 Å². The standard InChI is InChI=1S/C18H21N3O5/c1-5-26-12-7-6-10(8-13(12)25-4)11-9-14(22)19-16-15(11)17(23)21(3)18(24)20(16)2/h6-8,11H,5,9H2,1-4H3,(H,19,22)/t11-/m1/s1. The summed E-state index contributed by atoms with van der Waals surface area (Å²) in [4.78, 5) is 37.1. The molecule has 8 heteroatoms. The highest BCUT2D eigenvalue weighted by Gasteiger charge is 2.32. The van der Waals surface area contributed by atoms with Gasteiger partial charge in [0.25, 0.3) is 5.56 Å². The lowest BCUT2D eigenvalue weighted by Crippen LogP contribution is -2.44. The highest BCUT2D eigenvalue weighted by molar-refractivity contribution is 5.94. The number of nitrogens with zero attached hydrogens (tertiary/aromatic N) is 2. The Bertz CT molecular complexity index is 990. The molecule has 8 nitrogen and oxygen atoms in total. The molecule has 0 saturated heterocycles. The molecule has 1 aromatic carbocycles. The van der Waals surface area contributed by atoms with Crippen LogP contribution in [-0.2, 0) is 18.9 Å². The normalized spacial score (nSPS) is 16.0. The molecule has 1 aliphatic heterocycles. The molecule has 0 bridgehead atoms. The van der Waals surface area contributed by atoms with Crippen molar-refractivity contribution < 1.29 is 14.3 Å². The van der Waals surface area contributed by atoms with Crippen molar-refractivity contribution in [2.75, 3.05) is 19.0 Å². The van der Waals surface area contributed by atoms with E-state index < -0.39 is 17.2 Å². The quantitative estimate of drug-likeness (QED) is 0.878. The van der Waals surface area contributed by atoms with Gasteiger partial charge in [0.15, 0.2) is 11.5 Å². The van der Waals surface area contributed by atoms with Crippen LogP contribution in [0.1, 0.15) is 30.4 Å². The van der Waals surface area contributed by atoms with Gasteiger partial charge in [-0.05, 0) is 24.6 Å². The van der Waals surface area contributed by atoms with Gasteiger partial charge in [0.1, 0.15) is 5.82 Å². The first-order chi connectivity index (χ1) is 12.4. The van der Waals surface area contributed by atoms with Gasteiger partial charge in [-0.2, -0.15) is 0 Å². The lowest BCUT2D eigenvalue weighted by Gasteiger charge is -2.27. The molecule has 2 heterocycles. The van der Waals surface area contributed by atoms with E-state index in [9.17, 15) is 14.4 Å². The minimum absolute atomic E-state index is 0.109. The monoisotopic (exact) mass is 359 g/mol. The number of fused-ring (bicyclic) bond motifs is 1. The fraction of sp³-hybridized carbons (Fsp3) is 0.389. The lowest BCUT2D eigenvalue weighted by molar-refractivity contribution is -0.116. The first kappa shape index (κ1) is 17.8. The van der Waals surface area contributed by atoms with Crippen LogP contribution in [0.3, 0.4) is 0 Å². The van der Waals surface area contributed by atoms with Gasteiger partial charge < -0.3 is 14.8 Å². The topological polar surface area (TPSA) is 91.6 Å². The van der Waals surface area contributed by atoms with Crippen molar-refractivity contribution in [2.24, 2.45) is 14.1 Å². The third-order valence-electron chi connectivity index (χ3n) is 4.59. The van der Waals surface area contributed by atoms with Crippen molar-refractivity contribution in [1.29, 1.82) is 0 Å². The smallest absolute Gasteiger partial charge is 0.332 e. The highest BCUT2D eigenvalue weighted by atomic mass is 16.5. The predicted octanol–water partition coefficient (Wildman–Crippen LogP) is 0.965. The number of methoxy groups -OCH3 is 1. The maximum absolute atomic E-state index is 12.7. The van der Waals surface area contributed by atoms with Crippen LogP contribution in [0.5, 0.6) is 11.5 Å². The van der Waals surface area contributed by atoms with E-state index in [-0.39, 0.29) is 18.1 Å². The van der Waals surface area contributed by atoms with Crippen molar-refractivity contribution in [2.45, 2.75) is 19.3 Å². The van der Waals surface area contributed by atoms with Gasteiger partial charge in [-0.25, -0.2) is 4.79 Å². The molecular weight excluding hydrogens is 338 g/mol. The predicted molar refractivity (Wildman–Crippen MR) is 96.2 cm³/mol. The molecule has 0 spiro atoms. The van der Waals surface area contributed by atoms with Gasteiger partial charge in [0, 0.05) is 26.4 Å². The molecule has 26 heavy (non-hydrogen) atoms. The molecule has 1 atom stereocenters. The molecule has 1 N–H and O–H groups in total. The fourth-order valence-corrected chi connectivity index (χ4v) is 3.27. The molecule has 1 aliphatic rings. The van der Waals surface area contributed by atoms with Crippen LogP contribution < -0.4 is 26.0 Å². The van der Waals surface area contributed by atoms with E-state index in [0.717, 1.165) is 10.1 Å². The third-order valence-corrected chi connectivity index (χ3v) is 4.59. The Morgan fingerprint density at radius 2 is 1.88 bits per heavy atom. The van der Waals surface area contributed by atoms with E-state index in [2.05, 4.69) is 5.32 Å². The van der Waals surface area contributed by atoms with Gasteiger partial charge in [-0.1, -0.05) is 6.07 Å². The van der Waals surface area contributed by atoms with E-state index in [0.29, 0.717) is 23.7 Å². The summed E-state index contributed by atoms with van der Waals surface area (Å²) in [5.41, 5.74) is 0.234. The number of amides is 1. The van der Waals surface area contributed by atoms with Crippen molar-refractivity contribution in [3.8, 4) is 11.5 Å². The number of anilines is 1. The molecule has 2 aromatic rings. The van der Waals surface area contributed by atoms with Crippen LogP contribution >= 0.6 is 0 Å². The molecule has 0 radical (unpaired) electrons. The minimum atomic E-state index is -0.487. The molecule has 1 aromatic heterocycles. The molecule has 138 valence electrons. The number of hydrogen-bond donors (Lipinski definition) is 1. The fourth-order valence-electron chi connectivity index (χ4n) is 3.27. The summed E-state index contributed by atoms with van der Waals surface area (Å²) in [5.74, 6) is 0.630. The highest BCUT2D eigenvalue weighted by Crippen LogP contribution is 2.38. The Morgan fingerprint density at radius 3 is 2.54 bits per heavy atom. The average Bonchev–Trinajstić information content (AvgIpc) is 2.64. The Balaban J connectivity index is 2.22. The van der Waals surface area contributed by atoms with E-state index in [4.69, 9.17) is 9.47 Å². The number of carbonyl (C=O) groups excluding carboxylic acids is 1. The number of nitrogens with one attached hydrogen (secondary N) is 1. The van der Waals surface area contributed by atoms with E-state index in [1.54, 1.807) is 12.1 Å². The maximum Gasteiger partial charge on any atom is 0.332 e. The Hall–Kier alpha value is -3.03. The molecular formula is C18H21N3O5. The van der Waals surface area contributed by atoms with Gasteiger partial charge >= 0.3 is 5.69 Å². The second kappa shape index (κ2) is 6.70. The second-order valence-electron chi connectivity index (χ2n) is 6.12. The van der Waals surface area contributed by atoms with Crippen LogP contribution in [0.25, 0.3) is 0 Å². The largest absolute Gasteiger partial charge is 0.493 e. The van der Waals surface area contributed by atoms with Crippen LogP contribution in [-0.4, -0.2) is 28.8 Å².